The summed E-state index contributed by atoms with van der Waals surface area (Å²) in [5.74, 6) is -0.436. The van der Waals surface area contributed by atoms with Gasteiger partial charge >= 0.3 is 5.97 Å². The average molecular weight is 408 g/mol. The fraction of sp³-hybridized carbons (Fsp3) is 0.200. The molecule has 142 valence electrons. The van der Waals surface area contributed by atoms with Gasteiger partial charge in [0.15, 0.2) is 6.61 Å². The van der Waals surface area contributed by atoms with Crippen molar-refractivity contribution >= 4 is 41.2 Å². The van der Waals surface area contributed by atoms with Gasteiger partial charge in [-0.1, -0.05) is 47.5 Å². The lowest BCUT2D eigenvalue weighted by Crippen LogP contribution is -2.31. The average Bonchev–Trinajstić information content (AvgIpc) is 2.64. The minimum absolute atomic E-state index is 0.356. The van der Waals surface area contributed by atoms with Gasteiger partial charge in [0.2, 0.25) is 0 Å². The van der Waals surface area contributed by atoms with Crippen molar-refractivity contribution in [3.05, 3.63) is 69.7 Å². The summed E-state index contributed by atoms with van der Waals surface area (Å²) < 4.78 is 10.1. The van der Waals surface area contributed by atoms with Crippen LogP contribution in [-0.2, 0) is 14.3 Å². The summed E-state index contributed by atoms with van der Waals surface area (Å²) in [6.45, 7) is 1.38. The van der Waals surface area contributed by atoms with Gasteiger partial charge in [-0.05, 0) is 36.8 Å². The van der Waals surface area contributed by atoms with E-state index in [4.69, 9.17) is 32.7 Å². The number of carbonyl (C=O) groups excluding carboxylic acids is 2. The van der Waals surface area contributed by atoms with Crippen LogP contribution in [-0.4, -0.2) is 25.6 Å². The van der Waals surface area contributed by atoms with Gasteiger partial charge in [0.25, 0.3) is 5.91 Å². The molecule has 5 nitrogen and oxygen atoms in total. The Hall–Kier alpha value is -2.50. The van der Waals surface area contributed by atoms with Crippen LogP contribution in [0.15, 0.2) is 48.5 Å². The highest BCUT2D eigenvalue weighted by atomic mass is 35.5. The number of ether oxygens (including phenoxy) is 2. The number of nitrogens with one attached hydrogen (secondary N) is 1. The number of hydrogen-bond donors (Lipinski definition) is 1. The Morgan fingerprint density at radius 3 is 2.63 bits per heavy atom. The van der Waals surface area contributed by atoms with Crippen LogP contribution in [0.4, 0.5) is 0 Å². The molecule has 0 saturated carbocycles. The maximum Gasteiger partial charge on any atom is 0.331 e. The van der Waals surface area contributed by atoms with Crippen molar-refractivity contribution in [2.75, 3.05) is 13.7 Å². The minimum Gasteiger partial charge on any atom is -0.496 e. The molecule has 1 atom stereocenters. The molecule has 0 unspecified atom stereocenters. The quantitative estimate of drug-likeness (QED) is 0.544. The summed E-state index contributed by atoms with van der Waals surface area (Å²) in [5, 5.41) is 3.68. The van der Waals surface area contributed by atoms with E-state index in [-0.39, 0.29) is 6.04 Å². The van der Waals surface area contributed by atoms with Crippen LogP contribution in [0.3, 0.4) is 0 Å². The first-order chi connectivity index (χ1) is 12.9. The molecule has 0 aromatic heterocycles. The van der Waals surface area contributed by atoms with Crippen LogP contribution in [0, 0.1) is 0 Å². The molecule has 2 aromatic carbocycles. The van der Waals surface area contributed by atoms with Crippen molar-refractivity contribution in [1.29, 1.82) is 0 Å². The predicted molar refractivity (Wildman–Crippen MR) is 106 cm³/mol. The summed E-state index contributed by atoms with van der Waals surface area (Å²) >= 11 is 12.0. The second kappa shape index (κ2) is 10.00. The largest absolute Gasteiger partial charge is 0.496 e. The summed E-state index contributed by atoms with van der Waals surface area (Å²) in [4.78, 5) is 23.8. The predicted octanol–water partition coefficient (Wildman–Crippen LogP) is 4.44. The van der Waals surface area contributed by atoms with Crippen LogP contribution in [0.25, 0.3) is 6.08 Å². The number of carbonyl (C=O) groups is 2. The van der Waals surface area contributed by atoms with Crippen molar-refractivity contribution in [3.63, 3.8) is 0 Å². The van der Waals surface area contributed by atoms with Crippen LogP contribution >= 0.6 is 23.2 Å². The van der Waals surface area contributed by atoms with Gasteiger partial charge in [-0.3, -0.25) is 4.79 Å². The van der Waals surface area contributed by atoms with Crippen LogP contribution in [0.2, 0.25) is 10.0 Å². The third-order valence-corrected chi connectivity index (χ3v) is 4.25. The molecule has 0 aliphatic rings. The van der Waals surface area contributed by atoms with Gasteiger partial charge in [0.05, 0.1) is 13.2 Å². The fourth-order valence-electron chi connectivity index (χ4n) is 2.36. The minimum atomic E-state index is -0.631. The lowest BCUT2D eigenvalue weighted by molar-refractivity contribution is -0.144. The van der Waals surface area contributed by atoms with Crippen LogP contribution in [0.5, 0.6) is 5.75 Å². The molecule has 2 rings (SSSR count). The topological polar surface area (TPSA) is 64.6 Å². The first-order valence-corrected chi connectivity index (χ1v) is 8.88. The number of rotatable bonds is 7. The second-order valence-corrected chi connectivity index (χ2v) is 6.48. The van der Waals surface area contributed by atoms with Gasteiger partial charge < -0.3 is 14.8 Å². The highest BCUT2D eigenvalue weighted by Crippen LogP contribution is 2.26. The zero-order chi connectivity index (χ0) is 19.8. The van der Waals surface area contributed by atoms with E-state index in [2.05, 4.69) is 5.32 Å². The Morgan fingerprint density at radius 2 is 1.93 bits per heavy atom. The van der Waals surface area contributed by atoms with Crippen molar-refractivity contribution in [2.45, 2.75) is 13.0 Å². The van der Waals surface area contributed by atoms with E-state index in [1.807, 2.05) is 12.1 Å². The second-order valence-electron chi connectivity index (χ2n) is 5.64. The Morgan fingerprint density at radius 1 is 1.19 bits per heavy atom. The molecular weight excluding hydrogens is 389 g/mol. The van der Waals surface area contributed by atoms with Crippen molar-refractivity contribution in [2.24, 2.45) is 0 Å². The SMILES string of the molecule is COc1ccccc1/C=C/C(=O)OCC(=O)N[C@H](C)c1ccc(Cl)cc1Cl. The first kappa shape index (κ1) is 20.8. The van der Waals surface area contributed by atoms with E-state index in [1.54, 1.807) is 50.4 Å². The van der Waals surface area contributed by atoms with Crippen LogP contribution in [0.1, 0.15) is 24.1 Å². The number of para-hydroxylation sites is 1. The molecule has 0 radical (unpaired) electrons. The lowest BCUT2D eigenvalue weighted by Gasteiger charge is -2.15. The summed E-state index contributed by atoms with van der Waals surface area (Å²) in [5.41, 5.74) is 1.45. The molecule has 0 saturated heterocycles. The van der Waals surface area contributed by atoms with E-state index < -0.39 is 18.5 Å². The van der Waals surface area contributed by atoms with Crippen molar-refractivity contribution in [1.82, 2.24) is 5.32 Å². The molecule has 0 heterocycles. The maximum atomic E-state index is 12.0. The summed E-state index contributed by atoms with van der Waals surface area (Å²) in [6, 6.07) is 11.9. The third kappa shape index (κ3) is 6.31. The van der Waals surface area contributed by atoms with Gasteiger partial charge in [-0.2, -0.15) is 0 Å². The van der Waals surface area contributed by atoms with E-state index in [9.17, 15) is 9.59 Å². The Balaban J connectivity index is 1.85. The molecule has 0 aliphatic heterocycles. The lowest BCUT2D eigenvalue weighted by atomic mass is 10.1. The molecule has 27 heavy (non-hydrogen) atoms. The number of benzene rings is 2. The molecule has 1 amide bonds. The molecule has 1 N–H and O–H groups in total. The number of methoxy groups -OCH3 is 1. The number of halogens is 2. The van der Waals surface area contributed by atoms with E-state index in [0.29, 0.717) is 15.8 Å². The van der Waals surface area contributed by atoms with E-state index >= 15 is 0 Å². The van der Waals surface area contributed by atoms with Gasteiger partial charge in [-0.25, -0.2) is 4.79 Å². The molecule has 0 aliphatic carbocycles. The molecule has 0 bridgehead atoms. The molecule has 2 aromatic rings. The number of hydrogen-bond acceptors (Lipinski definition) is 4. The zero-order valence-corrected chi connectivity index (χ0v) is 16.4. The highest BCUT2D eigenvalue weighted by Gasteiger charge is 2.14. The Kier molecular flexibility index (Phi) is 7.70. The molecule has 0 spiro atoms. The molecule has 0 fully saturated rings. The normalized spacial score (nSPS) is 11.9. The number of esters is 1. The van der Waals surface area contributed by atoms with Crippen molar-refractivity contribution in [3.8, 4) is 5.75 Å². The standard InChI is InChI=1S/C20H19Cl2NO4/c1-13(16-9-8-15(21)11-17(16)22)23-19(24)12-27-20(25)10-7-14-5-3-4-6-18(14)26-2/h3-11,13H,12H2,1-2H3,(H,23,24)/b10-7+/t13-/m1/s1. The van der Waals surface area contributed by atoms with E-state index in [1.165, 1.54) is 6.08 Å². The molecule has 7 heteroatoms. The Labute approximate surface area is 167 Å². The van der Waals surface area contributed by atoms with E-state index in [0.717, 1.165) is 11.1 Å². The fourth-order valence-corrected chi connectivity index (χ4v) is 2.93. The van der Waals surface area contributed by atoms with Gasteiger partial charge in [-0.15, -0.1) is 0 Å². The Bertz CT molecular complexity index is 852. The summed E-state index contributed by atoms with van der Waals surface area (Å²) in [7, 11) is 1.55. The zero-order valence-electron chi connectivity index (χ0n) is 14.9. The van der Waals surface area contributed by atoms with Crippen molar-refractivity contribution < 1.29 is 19.1 Å². The molecular formula is C20H19Cl2NO4. The van der Waals surface area contributed by atoms with Gasteiger partial charge in [0, 0.05) is 21.7 Å². The smallest absolute Gasteiger partial charge is 0.331 e. The highest BCUT2D eigenvalue weighted by molar-refractivity contribution is 6.35. The monoisotopic (exact) mass is 407 g/mol. The number of amides is 1. The summed E-state index contributed by atoms with van der Waals surface area (Å²) in [6.07, 6.45) is 2.81. The maximum absolute atomic E-state index is 12.0. The van der Waals surface area contributed by atoms with Crippen LogP contribution < -0.4 is 10.1 Å². The first-order valence-electron chi connectivity index (χ1n) is 8.13. The third-order valence-electron chi connectivity index (χ3n) is 3.69. The van der Waals surface area contributed by atoms with Gasteiger partial charge in [0.1, 0.15) is 5.75 Å².